The summed E-state index contributed by atoms with van der Waals surface area (Å²) in [7, 11) is 0. The maximum absolute atomic E-state index is 15.5. The molecular weight excluding hydrogens is 458 g/mol. The van der Waals surface area contributed by atoms with Crippen LogP contribution in [-0.2, 0) is 14.9 Å². The third-order valence-corrected chi connectivity index (χ3v) is 9.20. The van der Waals surface area contributed by atoms with Crippen LogP contribution in [0.5, 0.6) is 0 Å². The monoisotopic (exact) mass is 483 g/mol. The minimum Gasteiger partial charge on any atom is -0.430 e. The summed E-state index contributed by atoms with van der Waals surface area (Å²) in [6, 6.07) is 5.19. The smallest absolute Gasteiger partial charge is 0.344 e. The van der Waals surface area contributed by atoms with Crippen LogP contribution in [0.1, 0.15) is 33.3 Å². The number of aromatic nitrogens is 2. The number of anilines is 1. The molecule has 1 spiro atoms. The van der Waals surface area contributed by atoms with E-state index in [0.717, 1.165) is 23.6 Å². The summed E-state index contributed by atoms with van der Waals surface area (Å²) < 4.78 is 41.7. The van der Waals surface area contributed by atoms with Crippen molar-refractivity contribution in [3.05, 3.63) is 47.8 Å². The molecule has 1 aromatic carbocycles. The highest BCUT2D eigenvalue weighted by atomic mass is 32.2. The highest BCUT2D eigenvalue weighted by Crippen LogP contribution is 2.51. The Hall–Kier alpha value is -2.17. The molecule has 6 rings (SSSR count). The van der Waals surface area contributed by atoms with Gasteiger partial charge in [0.2, 0.25) is 5.95 Å². The quantitative estimate of drug-likeness (QED) is 0.626. The van der Waals surface area contributed by atoms with E-state index in [9.17, 15) is 4.39 Å². The number of aliphatic imine (C=N–C) groups is 1. The third kappa shape index (κ3) is 3.14. The van der Waals surface area contributed by atoms with E-state index in [1.54, 1.807) is 17.8 Å². The van der Waals surface area contributed by atoms with Gasteiger partial charge in [0.1, 0.15) is 11.4 Å². The van der Waals surface area contributed by atoms with Gasteiger partial charge in [-0.3, -0.25) is 5.48 Å². The second-order valence-corrected chi connectivity index (χ2v) is 11.6. The van der Waals surface area contributed by atoms with Crippen LogP contribution in [0.25, 0.3) is 0 Å². The number of thioether (sulfide) groups is 1. The van der Waals surface area contributed by atoms with Gasteiger partial charge < -0.3 is 14.3 Å². The van der Waals surface area contributed by atoms with Crippen LogP contribution >= 0.6 is 11.8 Å². The highest BCUT2D eigenvalue weighted by molar-refractivity contribution is 8.13. The summed E-state index contributed by atoms with van der Waals surface area (Å²) in [5, 5.41) is 0.298. The fourth-order valence-corrected chi connectivity index (χ4v) is 6.59. The Morgan fingerprint density at radius 1 is 1.18 bits per heavy atom. The van der Waals surface area contributed by atoms with Crippen LogP contribution in [0.15, 0.2) is 35.6 Å². The van der Waals surface area contributed by atoms with Gasteiger partial charge >= 0.3 is 13.6 Å². The number of benzene rings is 1. The van der Waals surface area contributed by atoms with E-state index in [2.05, 4.69) is 43.1 Å². The molecule has 0 radical (unpaired) electrons. The number of hydroxylamine groups is 1. The molecule has 0 amide bonds. The van der Waals surface area contributed by atoms with Crippen molar-refractivity contribution in [3.63, 3.8) is 0 Å². The zero-order valence-corrected chi connectivity index (χ0v) is 20.3. The first-order chi connectivity index (χ1) is 16.1. The molecule has 1 aromatic heterocycles. The van der Waals surface area contributed by atoms with E-state index in [0.29, 0.717) is 29.8 Å². The first-order valence-corrected chi connectivity index (χ1v) is 12.4. The molecule has 5 heterocycles. The largest absolute Gasteiger partial charge is 0.430 e. The van der Waals surface area contributed by atoms with Crippen molar-refractivity contribution in [1.29, 1.82) is 0 Å². The first kappa shape index (κ1) is 22.3. The summed E-state index contributed by atoms with van der Waals surface area (Å²) in [6.45, 7) is 8.66. The highest BCUT2D eigenvalue weighted by Gasteiger charge is 2.63. The maximum Gasteiger partial charge on any atom is 0.344 e. The molecule has 2 fully saturated rings. The van der Waals surface area contributed by atoms with E-state index < -0.39 is 17.0 Å². The number of rotatable bonds is 1. The maximum atomic E-state index is 15.5. The van der Waals surface area contributed by atoms with E-state index >= 15 is 4.39 Å². The molecule has 0 saturated carbocycles. The molecule has 12 heteroatoms. The van der Waals surface area contributed by atoms with Gasteiger partial charge in [-0.25, -0.2) is 23.7 Å². The van der Waals surface area contributed by atoms with Gasteiger partial charge in [0.25, 0.3) is 0 Å². The predicted octanol–water partition coefficient (Wildman–Crippen LogP) is 2.58. The van der Waals surface area contributed by atoms with Crippen LogP contribution in [0.3, 0.4) is 0 Å². The van der Waals surface area contributed by atoms with Crippen LogP contribution in [0, 0.1) is 17.6 Å². The van der Waals surface area contributed by atoms with Gasteiger partial charge in [0.05, 0.1) is 18.9 Å². The lowest BCUT2D eigenvalue weighted by atomic mass is 9.17. The van der Waals surface area contributed by atoms with Crippen molar-refractivity contribution in [2.45, 2.75) is 44.1 Å². The van der Waals surface area contributed by atoms with E-state index in [4.69, 9.17) is 14.4 Å². The van der Waals surface area contributed by atoms with Crippen LogP contribution in [0.2, 0.25) is 5.31 Å². The molecule has 0 unspecified atom stereocenters. The molecule has 0 aliphatic carbocycles. The fourth-order valence-electron chi connectivity index (χ4n) is 5.52. The van der Waals surface area contributed by atoms with Crippen LogP contribution in [0.4, 0.5) is 14.7 Å². The second-order valence-electron chi connectivity index (χ2n) is 10.6. The van der Waals surface area contributed by atoms with Crippen molar-refractivity contribution in [2.75, 3.05) is 23.7 Å². The second kappa shape index (κ2) is 7.41. The van der Waals surface area contributed by atoms with Gasteiger partial charge in [0.15, 0.2) is 11.0 Å². The molecule has 4 aliphatic heterocycles. The molecule has 7 nitrogen and oxygen atoms in total. The Labute approximate surface area is 202 Å². The molecule has 4 bridgehead atoms. The number of amidine groups is 1. The van der Waals surface area contributed by atoms with Gasteiger partial charge in [-0.2, -0.15) is 0 Å². The summed E-state index contributed by atoms with van der Waals surface area (Å²) in [4.78, 5) is 15.3. The Morgan fingerprint density at radius 3 is 2.71 bits per heavy atom. The van der Waals surface area contributed by atoms with Crippen molar-refractivity contribution in [1.82, 2.24) is 15.4 Å². The van der Waals surface area contributed by atoms with Crippen molar-refractivity contribution in [3.8, 4) is 0 Å². The van der Waals surface area contributed by atoms with Gasteiger partial charge in [0, 0.05) is 29.4 Å². The topological polar surface area (TPSA) is 71.9 Å². The molecule has 176 valence electrons. The molecule has 2 saturated heterocycles. The normalized spacial score (nSPS) is 28.7. The predicted molar refractivity (Wildman–Crippen MR) is 130 cm³/mol. The molecule has 4 aliphatic rings. The molecule has 2 atom stereocenters. The first-order valence-electron chi connectivity index (χ1n) is 11.5. The standard InChI is InChI=1S/C22H25B2F2N5O2S/c1-20(2)21(3,4)32-23-14-5-6-17(26)16(7-14)22-12-31(18-27-8-15(25)9-28-18)10-13(22)11-34-19(29-22)30-33-24(20)23/h5-9,13H,10-12H2,1-4H3,(H,29,30)/t13-,22-/m1/s1. The van der Waals surface area contributed by atoms with E-state index in [1.807, 2.05) is 11.0 Å². The zero-order chi connectivity index (χ0) is 23.9. The summed E-state index contributed by atoms with van der Waals surface area (Å²) >= 11 is 1.56. The number of nitrogens with one attached hydrogen (secondary N) is 1. The number of hydrogen-bond acceptors (Lipinski definition) is 8. The minimum absolute atomic E-state index is 0.00838. The summed E-state index contributed by atoms with van der Waals surface area (Å²) in [5.41, 5.74) is 3.18. The lowest BCUT2D eigenvalue weighted by Gasteiger charge is -2.38. The van der Waals surface area contributed by atoms with Crippen LogP contribution < -0.4 is 15.8 Å². The average molecular weight is 483 g/mol. The molecule has 34 heavy (non-hydrogen) atoms. The summed E-state index contributed by atoms with van der Waals surface area (Å²) in [5.74, 6) is 0.336. The molecule has 2 aromatic rings. The Balaban J connectivity index is 1.48. The Morgan fingerprint density at radius 2 is 1.94 bits per heavy atom. The van der Waals surface area contributed by atoms with Crippen LogP contribution in [-0.4, -0.2) is 53.2 Å². The Kier molecular flexibility index (Phi) is 4.86. The number of nitrogens with zero attached hydrogens (tertiary/aromatic N) is 4. The summed E-state index contributed by atoms with van der Waals surface area (Å²) in [6.07, 6.45) is 2.30. The molecular formula is C22H25B2F2N5O2S. The number of halogens is 2. The van der Waals surface area contributed by atoms with Gasteiger partial charge in [-0.05, 0) is 25.2 Å². The number of hydrogen-bond donors (Lipinski definition) is 1. The van der Waals surface area contributed by atoms with Crippen molar-refractivity contribution in [2.24, 2.45) is 10.9 Å². The van der Waals surface area contributed by atoms with E-state index in [1.165, 1.54) is 6.07 Å². The lowest BCUT2D eigenvalue weighted by Crippen LogP contribution is -2.54. The Bertz CT molecular complexity index is 1180. The molecule has 1 N–H and O–H groups in total. The lowest BCUT2D eigenvalue weighted by molar-refractivity contribution is 0.0829. The van der Waals surface area contributed by atoms with Gasteiger partial charge in [-0.15, -0.1) is 0 Å². The zero-order valence-electron chi connectivity index (χ0n) is 19.5. The SMILES string of the molecule is CC1(C)OB2B(ONC3=N[C@@]4(CN(c5ncc(F)cn5)C[C@@H]4CS3)c3cc2ccc3F)C1(C)C. The minimum atomic E-state index is -0.856. The third-order valence-electron chi connectivity index (χ3n) is 8.18. The van der Waals surface area contributed by atoms with E-state index in [-0.39, 0.29) is 30.7 Å². The van der Waals surface area contributed by atoms with Crippen molar-refractivity contribution >= 4 is 42.0 Å². The number of fused-ring (bicyclic) bond motifs is 4. The van der Waals surface area contributed by atoms with Gasteiger partial charge in [-0.1, -0.05) is 43.2 Å². The van der Waals surface area contributed by atoms with Crippen molar-refractivity contribution < 1.29 is 18.2 Å². The average Bonchev–Trinajstić information content (AvgIpc) is 3.25. The fraction of sp³-hybridized carbons (Fsp3) is 0.500.